The molecule has 0 amide bonds. The van der Waals surface area contributed by atoms with Gasteiger partial charge in [0.1, 0.15) is 5.75 Å². The fourth-order valence-electron chi connectivity index (χ4n) is 3.52. The SMILES string of the molecule is COc1cc(COC[Si](C)(C)C(C)(C)C)cc(Nc2ccc3ncc(-c4cnn(C)c4)nc3c2)c1. The fourth-order valence-corrected chi connectivity index (χ4v) is 4.57. The second kappa shape index (κ2) is 9.79. The summed E-state index contributed by atoms with van der Waals surface area (Å²) < 4.78 is 13.5. The van der Waals surface area contributed by atoms with Gasteiger partial charge in [0.2, 0.25) is 0 Å². The number of nitrogens with zero attached hydrogens (tertiary/aromatic N) is 4. The summed E-state index contributed by atoms with van der Waals surface area (Å²) in [5.41, 5.74) is 6.33. The van der Waals surface area contributed by atoms with E-state index in [0.29, 0.717) is 11.6 Å². The van der Waals surface area contributed by atoms with Crippen molar-refractivity contribution < 1.29 is 9.47 Å². The number of nitrogens with one attached hydrogen (secondary N) is 1. The zero-order valence-electron chi connectivity index (χ0n) is 21.7. The summed E-state index contributed by atoms with van der Waals surface area (Å²) in [6, 6.07) is 12.1. The van der Waals surface area contributed by atoms with Crippen LogP contribution in [0.15, 0.2) is 55.0 Å². The van der Waals surface area contributed by atoms with E-state index in [1.807, 2.05) is 43.6 Å². The largest absolute Gasteiger partial charge is 0.497 e. The first kappa shape index (κ1) is 24.9. The number of aryl methyl sites for hydroxylation is 1. The molecule has 0 saturated heterocycles. The molecule has 0 aliphatic carbocycles. The number of hydrogen-bond donors (Lipinski definition) is 1. The molecule has 0 spiro atoms. The minimum absolute atomic E-state index is 0.296. The van der Waals surface area contributed by atoms with Crippen molar-refractivity contribution in [3.63, 3.8) is 0 Å². The minimum Gasteiger partial charge on any atom is -0.497 e. The maximum Gasteiger partial charge on any atom is 0.121 e. The van der Waals surface area contributed by atoms with Crippen molar-refractivity contribution in [1.29, 1.82) is 0 Å². The maximum absolute atomic E-state index is 6.18. The van der Waals surface area contributed by atoms with Crippen LogP contribution in [0.4, 0.5) is 11.4 Å². The van der Waals surface area contributed by atoms with E-state index in [1.165, 1.54) is 0 Å². The van der Waals surface area contributed by atoms with E-state index >= 15 is 0 Å². The first-order chi connectivity index (χ1) is 16.5. The topological polar surface area (TPSA) is 74.1 Å². The molecule has 184 valence electrons. The van der Waals surface area contributed by atoms with E-state index in [2.05, 4.69) is 55.3 Å². The number of benzene rings is 2. The molecule has 0 radical (unpaired) electrons. The van der Waals surface area contributed by atoms with Crippen LogP contribution >= 0.6 is 0 Å². The Hall–Kier alpha value is -3.23. The Morgan fingerprint density at radius 1 is 1.00 bits per heavy atom. The van der Waals surface area contributed by atoms with Crippen LogP contribution < -0.4 is 10.1 Å². The van der Waals surface area contributed by atoms with Crippen LogP contribution in [-0.2, 0) is 18.4 Å². The van der Waals surface area contributed by atoms with Crippen LogP contribution in [0, 0.1) is 0 Å². The molecule has 2 heterocycles. The van der Waals surface area contributed by atoms with Crippen molar-refractivity contribution in [2.75, 3.05) is 18.7 Å². The molecule has 0 fully saturated rings. The number of rotatable bonds is 8. The van der Waals surface area contributed by atoms with E-state index in [0.717, 1.165) is 51.2 Å². The zero-order valence-corrected chi connectivity index (χ0v) is 22.7. The molecular formula is C27H35N5O2Si. The summed E-state index contributed by atoms with van der Waals surface area (Å²) >= 11 is 0. The Bertz CT molecular complexity index is 1330. The van der Waals surface area contributed by atoms with Gasteiger partial charge in [-0.1, -0.05) is 33.9 Å². The predicted molar refractivity (Wildman–Crippen MR) is 145 cm³/mol. The van der Waals surface area contributed by atoms with Crippen molar-refractivity contribution in [3.05, 3.63) is 60.6 Å². The molecule has 0 bridgehead atoms. The average molecular weight is 490 g/mol. The van der Waals surface area contributed by atoms with Gasteiger partial charge in [0.15, 0.2) is 0 Å². The van der Waals surface area contributed by atoms with Crippen LogP contribution in [0.5, 0.6) is 5.75 Å². The Balaban J connectivity index is 1.53. The third kappa shape index (κ3) is 5.89. The molecule has 0 aliphatic rings. The first-order valence-corrected chi connectivity index (χ1v) is 15.0. The summed E-state index contributed by atoms with van der Waals surface area (Å²) in [4.78, 5) is 9.37. The maximum atomic E-state index is 6.18. The lowest BCUT2D eigenvalue weighted by Crippen LogP contribution is -2.42. The summed E-state index contributed by atoms with van der Waals surface area (Å²) in [7, 11) is 2.08. The predicted octanol–water partition coefficient (Wildman–Crippen LogP) is 6.35. The van der Waals surface area contributed by atoms with Gasteiger partial charge in [-0.05, 0) is 40.9 Å². The van der Waals surface area contributed by atoms with Crippen molar-refractivity contribution in [2.45, 2.75) is 45.5 Å². The molecule has 0 saturated carbocycles. The Morgan fingerprint density at radius 2 is 1.80 bits per heavy atom. The summed E-state index contributed by atoms with van der Waals surface area (Å²) in [6.07, 6.45) is 6.33. The van der Waals surface area contributed by atoms with Crippen molar-refractivity contribution in [3.8, 4) is 17.0 Å². The van der Waals surface area contributed by atoms with Crippen LogP contribution in [0.25, 0.3) is 22.3 Å². The molecule has 2 aromatic carbocycles. The van der Waals surface area contributed by atoms with Gasteiger partial charge in [-0.25, -0.2) is 4.98 Å². The second-order valence-electron chi connectivity index (χ2n) is 10.7. The lowest BCUT2D eigenvalue weighted by Gasteiger charge is -2.36. The van der Waals surface area contributed by atoms with Crippen molar-refractivity contribution in [2.24, 2.45) is 7.05 Å². The van der Waals surface area contributed by atoms with Gasteiger partial charge in [-0.2, -0.15) is 5.10 Å². The van der Waals surface area contributed by atoms with Crippen LogP contribution in [0.2, 0.25) is 18.1 Å². The third-order valence-electron chi connectivity index (χ3n) is 6.80. The highest BCUT2D eigenvalue weighted by molar-refractivity contribution is 6.80. The van der Waals surface area contributed by atoms with Crippen molar-refractivity contribution in [1.82, 2.24) is 19.7 Å². The highest BCUT2D eigenvalue weighted by atomic mass is 28.3. The van der Waals surface area contributed by atoms with Gasteiger partial charge in [0, 0.05) is 42.5 Å². The molecular weight excluding hydrogens is 454 g/mol. The van der Waals surface area contributed by atoms with Gasteiger partial charge in [-0.3, -0.25) is 9.67 Å². The van der Waals surface area contributed by atoms with E-state index in [9.17, 15) is 0 Å². The van der Waals surface area contributed by atoms with Crippen LogP contribution in [-0.4, -0.2) is 41.2 Å². The van der Waals surface area contributed by atoms with E-state index in [4.69, 9.17) is 14.5 Å². The van der Waals surface area contributed by atoms with Crippen LogP contribution in [0.3, 0.4) is 0 Å². The van der Waals surface area contributed by atoms with Gasteiger partial charge in [0.25, 0.3) is 0 Å². The first-order valence-electron chi connectivity index (χ1n) is 11.8. The molecule has 0 atom stereocenters. The quantitative estimate of drug-likeness (QED) is 0.291. The summed E-state index contributed by atoms with van der Waals surface area (Å²) in [6.45, 7) is 12.2. The Labute approximate surface area is 208 Å². The summed E-state index contributed by atoms with van der Waals surface area (Å²) in [5, 5.41) is 8.02. The molecule has 8 heteroatoms. The van der Waals surface area contributed by atoms with Gasteiger partial charge >= 0.3 is 0 Å². The minimum atomic E-state index is -1.50. The number of anilines is 2. The molecule has 0 unspecified atom stereocenters. The number of aromatic nitrogens is 4. The molecule has 4 rings (SSSR count). The highest BCUT2D eigenvalue weighted by Gasteiger charge is 2.35. The Morgan fingerprint density at radius 3 is 2.49 bits per heavy atom. The molecule has 2 aromatic heterocycles. The summed E-state index contributed by atoms with van der Waals surface area (Å²) in [5.74, 6) is 0.792. The highest BCUT2D eigenvalue weighted by Crippen LogP contribution is 2.36. The number of ether oxygens (including phenoxy) is 2. The second-order valence-corrected chi connectivity index (χ2v) is 16.2. The molecule has 4 aromatic rings. The van der Waals surface area contributed by atoms with Crippen LogP contribution in [0.1, 0.15) is 26.3 Å². The Kier molecular flexibility index (Phi) is 6.96. The van der Waals surface area contributed by atoms with E-state index < -0.39 is 8.07 Å². The normalized spacial score (nSPS) is 12.2. The smallest absolute Gasteiger partial charge is 0.121 e. The lowest BCUT2D eigenvalue weighted by atomic mass is 10.1. The van der Waals surface area contributed by atoms with Gasteiger partial charge < -0.3 is 14.8 Å². The fraction of sp³-hybridized carbons (Fsp3) is 0.370. The third-order valence-corrected chi connectivity index (χ3v) is 11.8. The lowest BCUT2D eigenvalue weighted by molar-refractivity contribution is 0.156. The molecule has 0 aliphatic heterocycles. The van der Waals surface area contributed by atoms with E-state index in [-0.39, 0.29) is 0 Å². The molecule has 35 heavy (non-hydrogen) atoms. The number of methoxy groups -OCH3 is 1. The number of fused-ring (bicyclic) bond motifs is 1. The zero-order chi connectivity index (χ0) is 25.2. The molecule has 7 nitrogen and oxygen atoms in total. The van der Waals surface area contributed by atoms with Crippen molar-refractivity contribution >= 4 is 30.5 Å². The van der Waals surface area contributed by atoms with Gasteiger partial charge in [0.05, 0.1) is 50.9 Å². The molecule has 1 N–H and O–H groups in total. The van der Waals surface area contributed by atoms with Gasteiger partial charge in [-0.15, -0.1) is 0 Å². The number of hydrogen-bond acceptors (Lipinski definition) is 6. The monoisotopic (exact) mass is 489 g/mol. The standard InChI is InChI=1S/C27H35N5O2Si/c1-27(2,3)35(6,7)18-34-17-19-10-22(12-23(11-19)33-5)30-21-8-9-24-25(13-21)31-26(15-28-24)20-14-29-32(4)16-20/h8-16,30H,17-18H2,1-7H3. The van der Waals surface area contributed by atoms with E-state index in [1.54, 1.807) is 24.2 Å². The average Bonchev–Trinajstić information content (AvgIpc) is 3.24.